The number of hydrogen-bond acceptors (Lipinski definition) is 5. The van der Waals surface area contributed by atoms with Crippen molar-refractivity contribution < 1.29 is 41.0 Å². The first-order chi connectivity index (χ1) is 19.3. The summed E-state index contributed by atoms with van der Waals surface area (Å²) in [5.41, 5.74) is 0.363. The van der Waals surface area contributed by atoms with E-state index in [2.05, 4.69) is 5.32 Å². The summed E-state index contributed by atoms with van der Waals surface area (Å²) in [5.74, 6) is -5.28. The lowest BCUT2D eigenvalue weighted by atomic mass is 9.98. The summed E-state index contributed by atoms with van der Waals surface area (Å²) in [4.78, 5) is 24.6. The Kier molecular flexibility index (Phi) is 8.70. The van der Waals surface area contributed by atoms with Crippen molar-refractivity contribution in [1.82, 2.24) is 0 Å². The molecular formula is C31H30F5NO4. The maximum Gasteiger partial charge on any atom is 0.422 e. The third-order valence-electron chi connectivity index (χ3n) is 6.61. The van der Waals surface area contributed by atoms with Crippen LogP contribution in [-0.4, -0.2) is 30.7 Å². The van der Waals surface area contributed by atoms with Crippen LogP contribution in [0.4, 0.5) is 27.6 Å². The number of aryl methyl sites for hydroxylation is 1. The van der Waals surface area contributed by atoms with Crippen LogP contribution in [0.25, 0.3) is 11.1 Å². The summed E-state index contributed by atoms with van der Waals surface area (Å²) >= 11 is 0. The molecule has 0 atom stereocenters. The van der Waals surface area contributed by atoms with E-state index in [0.717, 1.165) is 22.3 Å². The van der Waals surface area contributed by atoms with Gasteiger partial charge in [0.1, 0.15) is 30.1 Å². The lowest BCUT2D eigenvalue weighted by Crippen LogP contribution is -2.24. The fourth-order valence-electron chi connectivity index (χ4n) is 4.96. The molecule has 3 aromatic carbocycles. The van der Waals surface area contributed by atoms with E-state index in [0.29, 0.717) is 6.07 Å². The first-order valence-electron chi connectivity index (χ1n) is 13.1. The zero-order valence-corrected chi connectivity index (χ0v) is 22.8. The molecular weight excluding hydrogens is 545 g/mol. The van der Waals surface area contributed by atoms with Gasteiger partial charge in [0.15, 0.2) is 5.82 Å². The maximum absolute atomic E-state index is 15.0. The monoisotopic (exact) mass is 575 g/mol. The van der Waals surface area contributed by atoms with Crippen molar-refractivity contribution in [3.8, 4) is 11.1 Å². The van der Waals surface area contributed by atoms with Gasteiger partial charge < -0.3 is 14.8 Å². The van der Waals surface area contributed by atoms with Gasteiger partial charge in [-0.3, -0.25) is 9.59 Å². The van der Waals surface area contributed by atoms with Crippen LogP contribution in [0.3, 0.4) is 0 Å². The van der Waals surface area contributed by atoms with Gasteiger partial charge >= 0.3 is 18.1 Å². The molecule has 0 fully saturated rings. The highest BCUT2D eigenvalue weighted by atomic mass is 19.4. The Balaban J connectivity index is 1.47. The number of fused-ring (bicyclic) bond motifs is 3. The lowest BCUT2D eigenvalue weighted by molar-refractivity contribution is -0.155. The van der Waals surface area contributed by atoms with Crippen LogP contribution >= 0.6 is 0 Å². The highest BCUT2D eigenvalue weighted by Crippen LogP contribution is 2.44. The van der Waals surface area contributed by atoms with Gasteiger partial charge in [0.05, 0.1) is 5.69 Å². The molecule has 0 saturated carbocycles. The predicted octanol–water partition coefficient (Wildman–Crippen LogP) is 7.42. The van der Waals surface area contributed by atoms with Crippen molar-refractivity contribution in [3.05, 3.63) is 88.5 Å². The topological polar surface area (TPSA) is 64.6 Å². The van der Waals surface area contributed by atoms with E-state index in [-0.39, 0.29) is 37.4 Å². The molecule has 1 aliphatic rings. The van der Waals surface area contributed by atoms with Crippen LogP contribution in [0.5, 0.6) is 0 Å². The highest BCUT2D eigenvalue weighted by Gasteiger charge is 2.40. The van der Waals surface area contributed by atoms with Gasteiger partial charge in [0.25, 0.3) is 0 Å². The van der Waals surface area contributed by atoms with Gasteiger partial charge in [-0.25, -0.2) is 8.78 Å². The molecule has 218 valence electrons. The molecule has 0 aliphatic heterocycles. The second-order valence-electron chi connectivity index (χ2n) is 10.8. The number of alkyl halides is 3. The van der Waals surface area contributed by atoms with Gasteiger partial charge in [0.2, 0.25) is 0 Å². The van der Waals surface area contributed by atoms with Crippen LogP contribution in [-0.2, 0) is 31.7 Å². The standard InChI is InChI=1S/C31H30F5NO4/c1-30(2,3)41-25(38)14-8-9-18-15-24(32)27(31(34,35)36)28(33)29(18)37-16-26(39)40-17-23-21-12-6-4-10-19(21)20-11-5-7-13-22(20)23/h4-7,10-13,15,23,37H,8-9,14,16-17H2,1-3H3. The number of carbonyl (C=O) groups is 2. The van der Waals surface area contributed by atoms with E-state index in [1.54, 1.807) is 20.8 Å². The van der Waals surface area contributed by atoms with Crippen LogP contribution in [0.1, 0.15) is 61.8 Å². The molecule has 41 heavy (non-hydrogen) atoms. The Morgan fingerprint density at radius 3 is 2.05 bits per heavy atom. The molecule has 0 amide bonds. The summed E-state index contributed by atoms with van der Waals surface area (Å²) in [6, 6.07) is 15.9. The summed E-state index contributed by atoms with van der Waals surface area (Å²) in [6.45, 7) is 4.34. The molecule has 1 aliphatic carbocycles. The van der Waals surface area contributed by atoms with E-state index in [1.807, 2.05) is 48.5 Å². The smallest absolute Gasteiger partial charge is 0.422 e. The molecule has 0 saturated heterocycles. The first-order valence-corrected chi connectivity index (χ1v) is 13.1. The number of benzene rings is 3. The van der Waals surface area contributed by atoms with Crippen molar-refractivity contribution in [2.45, 2.75) is 57.7 Å². The van der Waals surface area contributed by atoms with E-state index in [9.17, 15) is 27.2 Å². The Morgan fingerprint density at radius 2 is 1.49 bits per heavy atom. The minimum Gasteiger partial charge on any atom is -0.463 e. The SMILES string of the molecule is CC(C)(C)OC(=O)CCCc1cc(F)c(C(F)(F)F)c(F)c1NCC(=O)OCC1c2ccccc2-c2ccccc21. The minimum absolute atomic E-state index is 0.0308. The number of nitrogens with one attached hydrogen (secondary N) is 1. The maximum atomic E-state index is 15.0. The molecule has 0 aromatic heterocycles. The van der Waals surface area contributed by atoms with Crippen LogP contribution in [0.2, 0.25) is 0 Å². The Morgan fingerprint density at radius 1 is 0.902 bits per heavy atom. The fraction of sp³-hybridized carbons (Fsp3) is 0.355. The molecule has 5 nitrogen and oxygen atoms in total. The van der Waals surface area contributed by atoms with Gasteiger partial charge in [-0.1, -0.05) is 48.5 Å². The average Bonchev–Trinajstić information content (AvgIpc) is 3.19. The third-order valence-corrected chi connectivity index (χ3v) is 6.61. The van der Waals surface area contributed by atoms with Crippen molar-refractivity contribution >= 4 is 17.6 Å². The average molecular weight is 576 g/mol. The number of anilines is 1. The van der Waals surface area contributed by atoms with Gasteiger partial charge in [-0.2, -0.15) is 13.2 Å². The molecule has 0 radical (unpaired) electrons. The molecule has 0 bridgehead atoms. The number of rotatable bonds is 9. The largest absolute Gasteiger partial charge is 0.463 e. The zero-order chi connectivity index (χ0) is 29.9. The van der Waals surface area contributed by atoms with Crippen LogP contribution in [0, 0.1) is 11.6 Å². The zero-order valence-electron chi connectivity index (χ0n) is 22.8. The predicted molar refractivity (Wildman–Crippen MR) is 143 cm³/mol. The van der Waals surface area contributed by atoms with Crippen LogP contribution < -0.4 is 5.32 Å². The number of hydrogen-bond donors (Lipinski definition) is 1. The van der Waals surface area contributed by atoms with Crippen LogP contribution in [0.15, 0.2) is 54.6 Å². The van der Waals surface area contributed by atoms with E-state index in [4.69, 9.17) is 9.47 Å². The number of ether oxygens (including phenoxy) is 2. The number of esters is 2. The fourth-order valence-corrected chi connectivity index (χ4v) is 4.96. The quantitative estimate of drug-likeness (QED) is 0.213. The molecule has 0 spiro atoms. The molecule has 0 heterocycles. The molecule has 10 heteroatoms. The van der Waals surface area contributed by atoms with Crippen molar-refractivity contribution in [3.63, 3.8) is 0 Å². The third kappa shape index (κ3) is 7.04. The van der Waals surface area contributed by atoms with Gasteiger partial charge in [0, 0.05) is 12.3 Å². The second kappa shape index (κ2) is 11.9. The molecule has 3 aromatic rings. The summed E-state index contributed by atoms with van der Waals surface area (Å²) in [7, 11) is 0. The summed E-state index contributed by atoms with van der Waals surface area (Å²) in [5, 5.41) is 2.38. The normalized spacial score (nSPS) is 13.0. The molecule has 1 N–H and O–H groups in total. The van der Waals surface area contributed by atoms with Crippen molar-refractivity contribution in [2.75, 3.05) is 18.5 Å². The molecule has 0 unspecified atom stereocenters. The van der Waals surface area contributed by atoms with Crippen molar-refractivity contribution in [1.29, 1.82) is 0 Å². The van der Waals surface area contributed by atoms with Gasteiger partial charge in [-0.15, -0.1) is 0 Å². The summed E-state index contributed by atoms with van der Waals surface area (Å²) < 4.78 is 80.3. The molecule has 4 rings (SSSR count). The number of halogens is 5. The second-order valence-corrected chi connectivity index (χ2v) is 10.8. The Labute approximate surface area is 234 Å². The van der Waals surface area contributed by atoms with Crippen molar-refractivity contribution in [2.24, 2.45) is 0 Å². The van der Waals surface area contributed by atoms with E-state index < -0.39 is 53.1 Å². The minimum atomic E-state index is -5.30. The van der Waals surface area contributed by atoms with E-state index in [1.165, 1.54) is 0 Å². The lowest BCUT2D eigenvalue weighted by Gasteiger charge is -2.20. The number of carbonyl (C=O) groups excluding carboxylic acids is 2. The summed E-state index contributed by atoms with van der Waals surface area (Å²) in [6.07, 6.45) is -5.51. The highest BCUT2D eigenvalue weighted by molar-refractivity contribution is 5.80. The van der Waals surface area contributed by atoms with E-state index >= 15 is 4.39 Å². The van der Waals surface area contributed by atoms with Gasteiger partial charge in [-0.05, 0) is 67.5 Å². The Bertz CT molecular complexity index is 1400. The first kappa shape index (κ1) is 30.0. The Hall–Kier alpha value is -3.95.